The summed E-state index contributed by atoms with van der Waals surface area (Å²) in [6.45, 7) is 1.79. The molecule has 1 aromatic carbocycles. The lowest BCUT2D eigenvalue weighted by Crippen LogP contribution is -2.61. The van der Waals surface area contributed by atoms with Crippen LogP contribution >= 0.6 is 0 Å². The lowest BCUT2D eigenvalue weighted by Gasteiger charge is -2.44. The molecule has 0 aromatic heterocycles. The van der Waals surface area contributed by atoms with Gasteiger partial charge in [-0.25, -0.2) is 4.39 Å². The molecule has 0 atom stereocenters. The van der Waals surface area contributed by atoms with Crippen molar-refractivity contribution in [3.05, 3.63) is 39.7 Å². The summed E-state index contributed by atoms with van der Waals surface area (Å²) >= 11 is 0. The number of carbonyl (C=O) groups excluding carboxylic acids is 1. The highest BCUT2D eigenvalue weighted by molar-refractivity contribution is 5.98. The van der Waals surface area contributed by atoms with Gasteiger partial charge >= 0.3 is 0 Å². The summed E-state index contributed by atoms with van der Waals surface area (Å²) in [5.74, 6) is -1.35. The molecule has 0 aliphatic carbocycles. The Bertz CT molecular complexity index is 522. The minimum absolute atomic E-state index is 0.111. The Morgan fingerprint density at radius 1 is 1.56 bits per heavy atom. The van der Waals surface area contributed by atoms with Gasteiger partial charge in [0.05, 0.1) is 29.7 Å². The molecule has 0 radical (unpaired) electrons. The Labute approximate surface area is 102 Å². The van der Waals surface area contributed by atoms with E-state index in [4.69, 9.17) is 0 Å². The van der Waals surface area contributed by atoms with Crippen molar-refractivity contribution in [2.75, 3.05) is 13.1 Å². The van der Waals surface area contributed by atoms with Crippen LogP contribution < -0.4 is 0 Å². The maximum atomic E-state index is 12.9. The Morgan fingerprint density at radius 3 is 2.67 bits per heavy atom. The highest BCUT2D eigenvalue weighted by Crippen LogP contribution is 2.26. The maximum absolute atomic E-state index is 12.9. The number of carbonyl (C=O) groups is 1. The van der Waals surface area contributed by atoms with Crippen LogP contribution in [0.15, 0.2) is 18.2 Å². The van der Waals surface area contributed by atoms with E-state index in [2.05, 4.69) is 0 Å². The monoisotopic (exact) mass is 254 g/mol. The van der Waals surface area contributed by atoms with Gasteiger partial charge in [0, 0.05) is 0 Å². The molecule has 18 heavy (non-hydrogen) atoms. The number of nitrogens with zero attached hydrogens (tertiary/aromatic N) is 2. The largest absolute Gasteiger partial charge is 0.386 e. The summed E-state index contributed by atoms with van der Waals surface area (Å²) in [5.41, 5.74) is -1.69. The van der Waals surface area contributed by atoms with Crippen molar-refractivity contribution in [1.29, 1.82) is 0 Å². The van der Waals surface area contributed by atoms with Crippen molar-refractivity contribution in [2.24, 2.45) is 0 Å². The summed E-state index contributed by atoms with van der Waals surface area (Å²) in [5, 5.41) is 20.3. The molecule has 1 aliphatic rings. The normalized spacial score (nSPS) is 17.2. The van der Waals surface area contributed by atoms with E-state index in [1.165, 1.54) is 4.90 Å². The predicted molar refractivity (Wildman–Crippen MR) is 59.6 cm³/mol. The first kappa shape index (κ1) is 12.4. The van der Waals surface area contributed by atoms with Gasteiger partial charge < -0.3 is 10.0 Å². The minimum atomic E-state index is -0.954. The average molecular weight is 254 g/mol. The number of nitro groups is 1. The van der Waals surface area contributed by atoms with Gasteiger partial charge in [-0.2, -0.15) is 0 Å². The number of hydrogen-bond donors (Lipinski definition) is 1. The number of hydrogen-bond acceptors (Lipinski definition) is 4. The van der Waals surface area contributed by atoms with E-state index in [0.29, 0.717) is 6.07 Å². The molecule has 0 saturated carbocycles. The lowest BCUT2D eigenvalue weighted by atomic mass is 9.95. The van der Waals surface area contributed by atoms with Crippen molar-refractivity contribution >= 4 is 11.6 Å². The molecule has 1 fully saturated rings. The van der Waals surface area contributed by atoms with Crippen molar-refractivity contribution < 1.29 is 19.2 Å². The molecule has 6 nitrogen and oxygen atoms in total. The molecule has 1 heterocycles. The van der Waals surface area contributed by atoms with Gasteiger partial charge in [0.25, 0.3) is 11.6 Å². The van der Waals surface area contributed by atoms with Gasteiger partial charge in [-0.05, 0) is 19.1 Å². The molecule has 1 saturated heterocycles. The van der Waals surface area contributed by atoms with Gasteiger partial charge in [-0.1, -0.05) is 0 Å². The fraction of sp³-hybridized carbons (Fsp3) is 0.364. The van der Waals surface area contributed by atoms with Crippen LogP contribution in [0.2, 0.25) is 0 Å². The third-order valence-corrected chi connectivity index (χ3v) is 2.74. The molecular weight excluding hydrogens is 243 g/mol. The second-order valence-electron chi connectivity index (χ2n) is 4.58. The Hall–Kier alpha value is -2.02. The Balaban J connectivity index is 2.29. The van der Waals surface area contributed by atoms with Crippen molar-refractivity contribution in [3.63, 3.8) is 0 Å². The van der Waals surface area contributed by atoms with Gasteiger partial charge in [-0.15, -0.1) is 0 Å². The minimum Gasteiger partial charge on any atom is -0.386 e. The van der Waals surface area contributed by atoms with E-state index in [9.17, 15) is 24.4 Å². The molecule has 0 bridgehead atoms. The van der Waals surface area contributed by atoms with Crippen LogP contribution in [0.1, 0.15) is 17.3 Å². The van der Waals surface area contributed by atoms with Crippen molar-refractivity contribution in [3.8, 4) is 0 Å². The first-order valence-corrected chi connectivity index (χ1v) is 5.26. The third-order valence-electron chi connectivity index (χ3n) is 2.74. The molecule has 2 rings (SSSR count). The Kier molecular flexibility index (Phi) is 2.78. The quantitative estimate of drug-likeness (QED) is 0.628. The SMILES string of the molecule is CC1(O)CN(C(=O)c2ccc(F)cc2[N+](=O)[O-])C1. The van der Waals surface area contributed by atoms with E-state index in [1.54, 1.807) is 6.92 Å². The van der Waals surface area contributed by atoms with Gasteiger partial charge in [-0.3, -0.25) is 14.9 Å². The zero-order valence-electron chi connectivity index (χ0n) is 9.59. The number of halogens is 1. The maximum Gasteiger partial charge on any atom is 0.285 e. The molecule has 1 aromatic rings. The second-order valence-corrected chi connectivity index (χ2v) is 4.58. The van der Waals surface area contributed by atoms with Gasteiger partial charge in [0.2, 0.25) is 0 Å². The lowest BCUT2D eigenvalue weighted by molar-refractivity contribution is -0.385. The van der Waals surface area contributed by atoms with Crippen LogP contribution in [0.5, 0.6) is 0 Å². The number of aliphatic hydroxyl groups is 1. The number of β-amino-alcohol motifs (C(OH)–C–C–N with tert-alkyl or cyclic N) is 1. The van der Waals surface area contributed by atoms with E-state index < -0.39 is 27.9 Å². The molecule has 1 aliphatic heterocycles. The van der Waals surface area contributed by atoms with E-state index in [1.807, 2.05) is 0 Å². The predicted octanol–water partition coefficient (Wildman–Crippen LogP) is 0.941. The first-order valence-electron chi connectivity index (χ1n) is 5.26. The highest BCUT2D eigenvalue weighted by atomic mass is 19.1. The molecular formula is C11H11FN2O4. The summed E-state index contributed by atoms with van der Waals surface area (Å²) in [7, 11) is 0. The molecule has 1 amide bonds. The molecule has 0 spiro atoms. The topological polar surface area (TPSA) is 83.7 Å². The average Bonchev–Trinajstić information content (AvgIpc) is 2.24. The number of likely N-dealkylation sites (tertiary alicyclic amines) is 1. The Morgan fingerprint density at radius 2 is 2.17 bits per heavy atom. The van der Waals surface area contributed by atoms with Crippen LogP contribution in [-0.4, -0.2) is 39.5 Å². The molecule has 0 unspecified atom stereocenters. The summed E-state index contributed by atoms with van der Waals surface area (Å²) in [4.78, 5) is 23.2. The van der Waals surface area contributed by atoms with Crippen LogP contribution in [0.25, 0.3) is 0 Å². The molecule has 7 heteroatoms. The van der Waals surface area contributed by atoms with Crippen LogP contribution in [0, 0.1) is 15.9 Å². The number of amides is 1. The number of rotatable bonds is 2. The molecule has 96 valence electrons. The van der Waals surface area contributed by atoms with Gasteiger partial charge in [0.15, 0.2) is 0 Å². The number of nitro benzene ring substituents is 1. The van der Waals surface area contributed by atoms with E-state index in [-0.39, 0.29) is 18.7 Å². The van der Waals surface area contributed by atoms with Crippen LogP contribution in [0.4, 0.5) is 10.1 Å². The van der Waals surface area contributed by atoms with Crippen molar-refractivity contribution in [2.45, 2.75) is 12.5 Å². The van der Waals surface area contributed by atoms with Crippen LogP contribution in [0.3, 0.4) is 0 Å². The van der Waals surface area contributed by atoms with E-state index >= 15 is 0 Å². The number of benzene rings is 1. The van der Waals surface area contributed by atoms with Crippen molar-refractivity contribution in [1.82, 2.24) is 4.90 Å². The fourth-order valence-electron chi connectivity index (χ4n) is 1.93. The first-order chi connectivity index (χ1) is 8.30. The summed E-state index contributed by atoms with van der Waals surface area (Å²) in [6, 6.07) is 2.80. The van der Waals surface area contributed by atoms with Crippen LogP contribution in [-0.2, 0) is 0 Å². The zero-order valence-corrected chi connectivity index (χ0v) is 9.59. The summed E-state index contributed by atoms with van der Waals surface area (Å²) < 4.78 is 12.9. The summed E-state index contributed by atoms with van der Waals surface area (Å²) in [6.07, 6.45) is 0. The highest BCUT2D eigenvalue weighted by Gasteiger charge is 2.41. The van der Waals surface area contributed by atoms with E-state index in [0.717, 1.165) is 12.1 Å². The third kappa shape index (κ3) is 2.17. The zero-order chi connectivity index (χ0) is 13.5. The standard InChI is InChI=1S/C11H11FN2O4/c1-11(16)5-13(6-11)10(15)8-3-2-7(12)4-9(8)14(17)18/h2-4,16H,5-6H2,1H3. The molecule has 1 N–H and O–H groups in total. The fourth-order valence-corrected chi connectivity index (χ4v) is 1.93. The van der Waals surface area contributed by atoms with Gasteiger partial charge in [0.1, 0.15) is 11.4 Å². The smallest absolute Gasteiger partial charge is 0.285 e. The second kappa shape index (κ2) is 4.02.